The van der Waals surface area contributed by atoms with Crippen LogP contribution in [0.5, 0.6) is 23.0 Å². The molecule has 2 aromatic carbocycles. The van der Waals surface area contributed by atoms with Crippen molar-refractivity contribution < 1.29 is 27.4 Å². The Balaban J connectivity index is 1.87. The molecule has 0 unspecified atom stereocenters. The van der Waals surface area contributed by atoms with Crippen LogP contribution in [0.2, 0.25) is 0 Å². The Morgan fingerprint density at radius 2 is 1.68 bits per heavy atom. The van der Waals surface area contributed by atoms with Crippen LogP contribution in [0, 0.1) is 0 Å². The Morgan fingerprint density at radius 1 is 0.960 bits per heavy atom. The summed E-state index contributed by atoms with van der Waals surface area (Å²) in [7, 11) is -3.79. The molecule has 3 rings (SSSR count). The molecule has 0 radical (unpaired) electrons. The standard InChI is InChI=1S/C17H19NO6S/c1-3-21-14-8-6-13(10-17(14)22-4-2)25(19,20)18-12-5-7-15-16(9-12)24-11-23-15/h5-10,18H,3-4,11H2,1-2H3. The molecule has 134 valence electrons. The van der Waals surface area contributed by atoms with E-state index in [4.69, 9.17) is 18.9 Å². The van der Waals surface area contributed by atoms with Crippen molar-refractivity contribution in [1.82, 2.24) is 0 Å². The molecule has 25 heavy (non-hydrogen) atoms. The van der Waals surface area contributed by atoms with Gasteiger partial charge in [-0.15, -0.1) is 0 Å². The van der Waals surface area contributed by atoms with Gasteiger partial charge in [-0.3, -0.25) is 4.72 Å². The predicted octanol–water partition coefficient (Wildman–Crippen LogP) is 3.01. The van der Waals surface area contributed by atoms with Gasteiger partial charge in [0, 0.05) is 12.1 Å². The molecule has 0 fully saturated rings. The third-order valence-electron chi connectivity index (χ3n) is 3.45. The van der Waals surface area contributed by atoms with Crippen LogP contribution in [0.4, 0.5) is 5.69 Å². The Morgan fingerprint density at radius 3 is 2.44 bits per heavy atom. The van der Waals surface area contributed by atoms with E-state index in [1.165, 1.54) is 12.1 Å². The molecule has 0 bridgehead atoms. The molecular weight excluding hydrogens is 346 g/mol. The molecule has 0 aliphatic carbocycles. The Bertz CT molecular complexity index is 865. The van der Waals surface area contributed by atoms with Crippen molar-refractivity contribution in [3.05, 3.63) is 36.4 Å². The van der Waals surface area contributed by atoms with E-state index in [9.17, 15) is 8.42 Å². The summed E-state index contributed by atoms with van der Waals surface area (Å²) in [5.41, 5.74) is 0.385. The average molecular weight is 365 g/mol. The van der Waals surface area contributed by atoms with E-state index >= 15 is 0 Å². The zero-order chi connectivity index (χ0) is 17.9. The number of hydrogen-bond acceptors (Lipinski definition) is 6. The number of ether oxygens (including phenoxy) is 4. The van der Waals surface area contributed by atoms with E-state index in [1.54, 1.807) is 24.3 Å². The minimum atomic E-state index is -3.79. The van der Waals surface area contributed by atoms with Crippen LogP contribution in [0.25, 0.3) is 0 Å². The third-order valence-corrected chi connectivity index (χ3v) is 4.83. The molecule has 0 atom stereocenters. The Labute approximate surface area is 146 Å². The van der Waals surface area contributed by atoms with Crippen molar-refractivity contribution in [2.45, 2.75) is 18.7 Å². The smallest absolute Gasteiger partial charge is 0.262 e. The highest BCUT2D eigenvalue weighted by molar-refractivity contribution is 7.92. The number of fused-ring (bicyclic) bond motifs is 1. The normalized spacial score (nSPS) is 12.7. The first-order chi connectivity index (χ1) is 12.0. The lowest BCUT2D eigenvalue weighted by molar-refractivity contribution is 0.174. The van der Waals surface area contributed by atoms with Crippen LogP contribution in [0.3, 0.4) is 0 Å². The highest BCUT2D eigenvalue weighted by Crippen LogP contribution is 2.35. The molecule has 1 heterocycles. The lowest BCUT2D eigenvalue weighted by atomic mass is 10.3. The molecule has 1 N–H and O–H groups in total. The van der Waals surface area contributed by atoms with Crippen molar-refractivity contribution >= 4 is 15.7 Å². The second-order valence-electron chi connectivity index (χ2n) is 5.15. The minimum Gasteiger partial charge on any atom is -0.490 e. The van der Waals surface area contributed by atoms with Crippen LogP contribution < -0.4 is 23.7 Å². The zero-order valence-electron chi connectivity index (χ0n) is 13.9. The fourth-order valence-electron chi connectivity index (χ4n) is 2.37. The number of anilines is 1. The molecule has 7 nitrogen and oxygen atoms in total. The van der Waals surface area contributed by atoms with Gasteiger partial charge in [-0.1, -0.05) is 0 Å². The summed E-state index contributed by atoms with van der Waals surface area (Å²) in [5, 5.41) is 0. The van der Waals surface area contributed by atoms with Gasteiger partial charge < -0.3 is 18.9 Å². The first-order valence-corrected chi connectivity index (χ1v) is 9.34. The molecule has 1 aliphatic heterocycles. The summed E-state index contributed by atoms with van der Waals surface area (Å²) in [6.07, 6.45) is 0. The van der Waals surface area contributed by atoms with Crippen LogP contribution >= 0.6 is 0 Å². The Kier molecular flexibility index (Phi) is 4.89. The topological polar surface area (TPSA) is 83.1 Å². The predicted molar refractivity (Wildman–Crippen MR) is 92.2 cm³/mol. The summed E-state index contributed by atoms with van der Waals surface area (Å²) in [4.78, 5) is 0.0806. The van der Waals surface area contributed by atoms with Crippen molar-refractivity contribution in [3.63, 3.8) is 0 Å². The van der Waals surface area contributed by atoms with Crippen molar-refractivity contribution in [2.24, 2.45) is 0 Å². The maximum Gasteiger partial charge on any atom is 0.262 e. The molecule has 0 saturated carbocycles. The minimum absolute atomic E-state index is 0.0806. The van der Waals surface area contributed by atoms with Gasteiger partial charge >= 0.3 is 0 Å². The van der Waals surface area contributed by atoms with E-state index in [-0.39, 0.29) is 11.7 Å². The fraction of sp³-hybridized carbons (Fsp3) is 0.294. The molecule has 2 aromatic rings. The summed E-state index contributed by atoms with van der Waals surface area (Å²) in [6.45, 7) is 4.66. The second-order valence-corrected chi connectivity index (χ2v) is 6.83. The zero-order valence-corrected chi connectivity index (χ0v) is 14.8. The first kappa shape index (κ1) is 17.2. The Hall–Kier alpha value is -2.61. The molecule has 0 aromatic heterocycles. The number of hydrogen-bond donors (Lipinski definition) is 1. The number of sulfonamides is 1. The van der Waals surface area contributed by atoms with Gasteiger partial charge in [0.2, 0.25) is 6.79 Å². The van der Waals surface area contributed by atoms with E-state index < -0.39 is 10.0 Å². The van der Waals surface area contributed by atoms with Crippen molar-refractivity contribution in [2.75, 3.05) is 24.7 Å². The molecule has 0 spiro atoms. The number of benzene rings is 2. The quantitative estimate of drug-likeness (QED) is 0.812. The van der Waals surface area contributed by atoms with Crippen molar-refractivity contribution in [1.29, 1.82) is 0 Å². The number of nitrogens with one attached hydrogen (secondary N) is 1. The van der Waals surface area contributed by atoms with Gasteiger partial charge in [-0.05, 0) is 38.1 Å². The maximum absolute atomic E-state index is 12.6. The highest BCUT2D eigenvalue weighted by Gasteiger charge is 2.20. The lowest BCUT2D eigenvalue weighted by Gasteiger charge is -2.13. The van der Waals surface area contributed by atoms with Crippen molar-refractivity contribution in [3.8, 4) is 23.0 Å². The second kappa shape index (κ2) is 7.10. The largest absolute Gasteiger partial charge is 0.490 e. The SMILES string of the molecule is CCOc1ccc(S(=O)(=O)Nc2ccc3c(c2)OCO3)cc1OCC. The summed E-state index contributed by atoms with van der Waals surface area (Å²) < 4.78 is 49.2. The molecule has 0 amide bonds. The summed E-state index contributed by atoms with van der Waals surface area (Å²) in [6, 6.07) is 9.36. The fourth-order valence-corrected chi connectivity index (χ4v) is 3.44. The van der Waals surface area contributed by atoms with E-state index in [1.807, 2.05) is 13.8 Å². The maximum atomic E-state index is 12.6. The molecule has 1 aliphatic rings. The van der Waals surface area contributed by atoms with Gasteiger partial charge in [0.15, 0.2) is 23.0 Å². The molecular formula is C17H19NO6S. The number of rotatable bonds is 7. The van der Waals surface area contributed by atoms with Crippen LogP contribution in [0.1, 0.15) is 13.8 Å². The first-order valence-electron chi connectivity index (χ1n) is 7.85. The molecule has 8 heteroatoms. The van der Waals surface area contributed by atoms with Crippen LogP contribution in [-0.2, 0) is 10.0 Å². The van der Waals surface area contributed by atoms with Gasteiger partial charge in [-0.25, -0.2) is 8.42 Å². The monoisotopic (exact) mass is 365 g/mol. The van der Waals surface area contributed by atoms with E-state index in [0.717, 1.165) is 0 Å². The summed E-state index contributed by atoms with van der Waals surface area (Å²) in [5.74, 6) is 1.98. The molecule has 0 saturated heterocycles. The van der Waals surface area contributed by atoms with Gasteiger partial charge in [0.25, 0.3) is 10.0 Å². The lowest BCUT2D eigenvalue weighted by Crippen LogP contribution is -2.13. The van der Waals surface area contributed by atoms with E-state index in [0.29, 0.717) is 41.9 Å². The van der Waals surface area contributed by atoms with Crippen LogP contribution in [0.15, 0.2) is 41.3 Å². The average Bonchev–Trinajstić information content (AvgIpc) is 3.04. The summed E-state index contributed by atoms with van der Waals surface area (Å²) >= 11 is 0. The van der Waals surface area contributed by atoms with Gasteiger partial charge in [0.1, 0.15) is 0 Å². The van der Waals surface area contributed by atoms with Crippen LogP contribution in [-0.4, -0.2) is 28.4 Å². The third kappa shape index (κ3) is 3.74. The van der Waals surface area contributed by atoms with Gasteiger partial charge in [0.05, 0.1) is 23.8 Å². The van der Waals surface area contributed by atoms with Gasteiger partial charge in [-0.2, -0.15) is 0 Å². The highest BCUT2D eigenvalue weighted by atomic mass is 32.2. The van der Waals surface area contributed by atoms with E-state index in [2.05, 4.69) is 4.72 Å².